The number of carbonyl (C=O) groups is 2. The van der Waals surface area contributed by atoms with Crippen molar-refractivity contribution in [3.63, 3.8) is 0 Å². The Kier molecular flexibility index (Phi) is 3.63. The number of morpholine rings is 1. The lowest BCUT2D eigenvalue weighted by Gasteiger charge is -2.32. The fourth-order valence-electron chi connectivity index (χ4n) is 2.40. The van der Waals surface area contributed by atoms with Crippen LogP contribution in [0.2, 0.25) is 0 Å². The van der Waals surface area contributed by atoms with E-state index in [9.17, 15) is 14.4 Å². The van der Waals surface area contributed by atoms with E-state index in [2.05, 4.69) is 5.10 Å². The Balaban J connectivity index is 1.84. The largest absolute Gasteiger partial charge is 0.480 e. The van der Waals surface area contributed by atoms with Gasteiger partial charge >= 0.3 is 11.7 Å². The average molecular weight is 306 g/mol. The minimum atomic E-state index is -1.13. The molecule has 0 saturated carbocycles. The van der Waals surface area contributed by atoms with Crippen LogP contribution in [0.3, 0.4) is 0 Å². The predicted molar refractivity (Wildman–Crippen MR) is 73.4 cm³/mol. The second-order valence-electron chi connectivity index (χ2n) is 4.89. The molecule has 1 amide bonds. The van der Waals surface area contributed by atoms with Gasteiger partial charge in [-0.3, -0.25) is 9.20 Å². The number of nitrogens with zero attached hydrogens (tertiary/aromatic N) is 4. The number of carboxylic acids is 1. The molecule has 1 atom stereocenters. The van der Waals surface area contributed by atoms with Crippen molar-refractivity contribution in [1.82, 2.24) is 19.1 Å². The maximum absolute atomic E-state index is 12.3. The Bertz CT molecular complexity index is 780. The minimum absolute atomic E-state index is 0.0544. The Morgan fingerprint density at radius 2 is 2.23 bits per heavy atom. The van der Waals surface area contributed by atoms with Gasteiger partial charge in [-0.2, -0.15) is 0 Å². The number of rotatable bonds is 3. The number of aromatic nitrogens is 3. The van der Waals surface area contributed by atoms with Gasteiger partial charge in [-0.1, -0.05) is 6.07 Å². The number of carboxylic acid groups (broad SMARTS) is 1. The van der Waals surface area contributed by atoms with Crippen LogP contribution in [0.15, 0.2) is 29.2 Å². The van der Waals surface area contributed by atoms with E-state index < -0.39 is 23.6 Å². The molecule has 1 N–H and O–H groups in total. The lowest BCUT2D eigenvalue weighted by molar-refractivity contribution is -0.158. The highest BCUT2D eigenvalue weighted by Crippen LogP contribution is 2.08. The van der Waals surface area contributed by atoms with Crippen molar-refractivity contribution in [3.8, 4) is 0 Å². The Morgan fingerprint density at radius 3 is 2.95 bits per heavy atom. The van der Waals surface area contributed by atoms with Gasteiger partial charge in [0.05, 0.1) is 13.2 Å². The molecule has 0 radical (unpaired) electrons. The standard InChI is InChI=1S/C13H14N4O5/c18-11(15-5-6-22-8-9(15)12(19)20)7-17-13(21)16-4-2-1-3-10(16)14-17/h1-4,9H,5-8H2,(H,19,20)/t9-/m1/s1. The third-order valence-electron chi connectivity index (χ3n) is 3.51. The molecule has 9 nitrogen and oxygen atoms in total. The van der Waals surface area contributed by atoms with Crippen LogP contribution in [-0.4, -0.2) is 61.9 Å². The van der Waals surface area contributed by atoms with E-state index in [0.717, 1.165) is 4.68 Å². The van der Waals surface area contributed by atoms with Gasteiger partial charge in [0.15, 0.2) is 11.7 Å². The Morgan fingerprint density at radius 1 is 1.41 bits per heavy atom. The molecular weight excluding hydrogens is 292 g/mol. The molecular formula is C13H14N4O5. The van der Waals surface area contributed by atoms with E-state index >= 15 is 0 Å². The molecule has 1 saturated heterocycles. The fraction of sp³-hybridized carbons (Fsp3) is 0.385. The van der Waals surface area contributed by atoms with Crippen molar-refractivity contribution in [2.75, 3.05) is 19.8 Å². The van der Waals surface area contributed by atoms with Gasteiger partial charge in [-0.05, 0) is 12.1 Å². The van der Waals surface area contributed by atoms with Gasteiger partial charge < -0.3 is 14.7 Å². The van der Waals surface area contributed by atoms with Gasteiger partial charge in [-0.25, -0.2) is 14.3 Å². The summed E-state index contributed by atoms with van der Waals surface area (Å²) in [7, 11) is 0. The second-order valence-corrected chi connectivity index (χ2v) is 4.89. The summed E-state index contributed by atoms with van der Waals surface area (Å²) in [6, 6.07) is 4.03. The molecule has 116 valence electrons. The summed E-state index contributed by atoms with van der Waals surface area (Å²) in [6.45, 7) is 0.0962. The zero-order valence-electron chi connectivity index (χ0n) is 11.6. The zero-order valence-corrected chi connectivity index (χ0v) is 11.6. The lowest BCUT2D eigenvalue weighted by atomic mass is 10.2. The summed E-state index contributed by atoms with van der Waals surface area (Å²) in [5, 5.41) is 13.2. The molecule has 1 fully saturated rings. The second kappa shape index (κ2) is 5.60. The molecule has 2 aromatic heterocycles. The lowest BCUT2D eigenvalue weighted by Crippen LogP contribution is -2.53. The average Bonchev–Trinajstić information content (AvgIpc) is 2.84. The van der Waals surface area contributed by atoms with Gasteiger partial charge in [0.1, 0.15) is 6.54 Å². The van der Waals surface area contributed by atoms with E-state index in [-0.39, 0.29) is 26.3 Å². The van der Waals surface area contributed by atoms with Crippen LogP contribution in [0.5, 0.6) is 0 Å². The molecule has 0 spiro atoms. The molecule has 2 aromatic rings. The number of hydrogen-bond donors (Lipinski definition) is 1. The predicted octanol–water partition coefficient (Wildman–Crippen LogP) is -1.19. The van der Waals surface area contributed by atoms with E-state index in [1.807, 2.05) is 0 Å². The highest BCUT2D eigenvalue weighted by Gasteiger charge is 2.33. The molecule has 1 aliphatic heterocycles. The van der Waals surface area contributed by atoms with Crippen LogP contribution in [-0.2, 0) is 20.9 Å². The maximum atomic E-state index is 12.3. The summed E-state index contributed by atoms with van der Waals surface area (Å²) >= 11 is 0. The summed E-state index contributed by atoms with van der Waals surface area (Å²) < 4.78 is 7.44. The molecule has 0 unspecified atom stereocenters. The summed E-state index contributed by atoms with van der Waals surface area (Å²) in [5.41, 5.74) is -0.0128. The van der Waals surface area contributed by atoms with E-state index in [0.29, 0.717) is 5.65 Å². The summed E-state index contributed by atoms with van der Waals surface area (Å²) in [4.78, 5) is 36.8. The SMILES string of the molecule is O=C(O)[C@H]1COCCN1C(=O)Cn1nc2ccccn2c1=O. The topological polar surface area (TPSA) is 106 Å². The van der Waals surface area contributed by atoms with Gasteiger partial charge in [0.25, 0.3) is 0 Å². The first-order valence-corrected chi connectivity index (χ1v) is 6.72. The van der Waals surface area contributed by atoms with Crippen LogP contribution in [0.1, 0.15) is 0 Å². The van der Waals surface area contributed by atoms with Gasteiger partial charge in [0.2, 0.25) is 5.91 Å². The molecule has 3 rings (SSSR count). The van der Waals surface area contributed by atoms with Crippen LogP contribution >= 0.6 is 0 Å². The van der Waals surface area contributed by atoms with E-state index in [1.54, 1.807) is 24.4 Å². The first-order chi connectivity index (χ1) is 10.6. The monoisotopic (exact) mass is 306 g/mol. The van der Waals surface area contributed by atoms with Crippen molar-refractivity contribution < 1.29 is 19.4 Å². The molecule has 0 aliphatic carbocycles. The van der Waals surface area contributed by atoms with Crippen LogP contribution < -0.4 is 5.69 Å². The Hall–Kier alpha value is -2.68. The number of ether oxygens (including phenoxy) is 1. The first-order valence-electron chi connectivity index (χ1n) is 6.72. The van der Waals surface area contributed by atoms with Crippen molar-refractivity contribution >= 4 is 17.5 Å². The summed E-state index contributed by atoms with van der Waals surface area (Å²) in [6.07, 6.45) is 1.56. The normalized spacial score (nSPS) is 18.5. The van der Waals surface area contributed by atoms with Gasteiger partial charge in [0, 0.05) is 12.7 Å². The minimum Gasteiger partial charge on any atom is -0.480 e. The first kappa shape index (κ1) is 14.3. The number of aliphatic carboxylic acids is 1. The molecule has 0 bridgehead atoms. The number of carbonyl (C=O) groups excluding carboxylic acids is 1. The molecule has 9 heteroatoms. The highest BCUT2D eigenvalue weighted by molar-refractivity contribution is 5.83. The zero-order chi connectivity index (χ0) is 15.7. The smallest absolute Gasteiger partial charge is 0.350 e. The molecule has 1 aliphatic rings. The number of amides is 1. The number of fused-ring (bicyclic) bond motifs is 1. The quantitative estimate of drug-likeness (QED) is 0.764. The number of pyridine rings is 1. The van der Waals surface area contributed by atoms with Crippen molar-refractivity contribution in [2.45, 2.75) is 12.6 Å². The fourth-order valence-corrected chi connectivity index (χ4v) is 2.40. The highest BCUT2D eigenvalue weighted by atomic mass is 16.5. The van der Waals surface area contributed by atoms with Crippen LogP contribution in [0.25, 0.3) is 5.65 Å². The third-order valence-corrected chi connectivity index (χ3v) is 3.51. The third kappa shape index (κ3) is 2.46. The van der Waals surface area contributed by atoms with Crippen molar-refractivity contribution in [1.29, 1.82) is 0 Å². The molecule has 3 heterocycles. The van der Waals surface area contributed by atoms with E-state index in [1.165, 1.54) is 9.30 Å². The van der Waals surface area contributed by atoms with E-state index in [4.69, 9.17) is 9.84 Å². The Labute approximate surface area is 124 Å². The van der Waals surface area contributed by atoms with Gasteiger partial charge in [-0.15, -0.1) is 5.10 Å². The summed E-state index contributed by atoms with van der Waals surface area (Å²) in [5.74, 6) is -1.60. The maximum Gasteiger partial charge on any atom is 0.350 e. The molecule has 22 heavy (non-hydrogen) atoms. The van der Waals surface area contributed by atoms with Crippen LogP contribution in [0, 0.1) is 0 Å². The molecule has 0 aromatic carbocycles. The number of hydrogen-bond acceptors (Lipinski definition) is 5. The van der Waals surface area contributed by atoms with Crippen molar-refractivity contribution in [2.24, 2.45) is 0 Å². The van der Waals surface area contributed by atoms with Crippen molar-refractivity contribution in [3.05, 3.63) is 34.9 Å². The van der Waals surface area contributed by atoms with Crippen LogP contribution in [0.4, 0.5) is 0 Å².